The molecular weight excluding hydrogens is 516 g/mol. The van der Waals surface area contributed by atoms with E-state index in [1.54, 1.807) is 13.2 Å². The average molecular weight is 555 g/mol. The summed E-state index contributed by atoms with van der Waals surface area (Å²) in [6, 6.07) is 2.70. The second-order valence-corrected chi connectivity index (χ2v) is 12.1. The van der Waals surface area contributed by atoms with Gasteiger partial charge in [0.2, 0.25) is 5.91 Å². The number of hydrogen-bond donors (Lipinski definition) is 3. The van der Waals surface area contributed by atoms with Crippen LogP contribution in [0.1, 0.15) is 69.9 Å². The molecule has 8 atom stereocenters. The van der Waals surface area contributed by atoms with Crippen LogP contribution in [0.3, 0.4) is 0 Å². The Kier molecular flexibility index (Phi) is 6.61. The Morgan fingerprint density at radius 3 is 2.73 bits per heavy atom. The predicted molar refractivity (Wildman–Crippen MR) is 143 cm³/mol. The van der Waals surface area contributed by atoms with Crippen LogP contribution in [0.5, 0.6) is 11.5 Å². The van der Waals surface area contributed by atoms with E-state index in [-0.39, 0.29) is 23.8 Å². The predicted octanol–water partition coefficient (Wildman–Crippen LogP) is 2.26. The fourth-order valence-electron chi connectivity index (χ4n) is 7.61. The lowest BCUT2D eigenvalue weighted by atomic mass is 9.57. The number of aliphatic hydroxyl groups is 1. The summed E-state index contributed by atoms with van der Waals surface area (Å²) in [4.78, 5) is 38.3. The van der Waals surface area contributed by atoms with Crippen molar-refractivity contribution in [1.82, 2.24) is 10.6 Å². The highest BCUT2D eigenvalue weighted by Crippen LogP contribution is 2.68. The monoisotopic (exact) mass is 554 g/mol. The number of carbonyl (C=O) groups is 3. The number of esters is 2. The fraction of sp³-hybridized carbons (Fsp3) is 0.633. The quantitative estimate of drug-likeness (QED) is 0.434. The molecule has 2 aliphatic heterocycles. The Morgan fingerprint density at radius 2 is 2.00 bits per heavy atom. The summed E-state index contributed by atoms with van der Waals surface area (Å²) in [5.41, 5.74) is -0.0487. The third-order valence-corrected chi connectivity index (χ3v) is 9.71. The van der Waals surface area contributed by atoms with Crippen LogP contribution in [-0.4, -0.2) is 66.0 Å². The van der Waals surface area contributed by atoms with Crippen molar-refractivity contribution in [2.45, 2.75) is 94.6 Å². The van der Waals surface area contributed by atoms with Gasteiger partial charge in [0, 0.05) is 5.56 Å². The van der Waals surface area contributed by atoms with E-state index in [0.717, 1.165) is 36.9 Å². The Bertz CT molecular complexity index is 1270. The van der Waals surface area contributed by atoms with Gasteiger partial charge in [-0.15, -0.1) is 0 Å². The second kappa shape index (κ2) is 9.76. The van der Waals surface area contributed by atoms with Crippen LogP contribution in [0.25, 0.3) is 0 Å². The first kappa shape index (κ1) is 27.1. The smallest absolute Gasteiger partial charge is 0.352 e. The number of hydrogen-bond acceptors (Lipinski definition) is 9. The number of carbonyl (C=O) groups excluding carboxylic acids is 3. The molecule has 3 N–H and O–H groups in total. The maximum Gasteiger partial charge on any atom is 0.352 e. The number of methoxy groups -OCH3 is 1. The lowest BCUT2D eigenvalue weighted by molar-refractivity contribution is -0.169. The van der Waals surface area contributed by atoms with Gasteiger partial charge in [-0.25, -0.2) is 9.59 Å². The SMILES string of the molecule is COc1ccc2c3c1OC14CCC(C)[C@H](C2)[C@](O)(CC=C1OC(=O)[C@H](C)OC(=O)[C@H](C)NC(=O)[C@@H]1CCCN1)C34. The molecule has 2 fully saturated rings. The number of nitrogens with one attached hydrogen (secondary N) is 2. The summed E-state index contributed by atoms with van der Waals surface area (Å²) in [6.45, 7) is 5.90. The normalized spacial score (nSPS) is 34.5. The number of amides is 1. The summed E-state index contributed by atoms with van der Waals surface area (Å²) in [5, 5.41) is 18.0. The highest BCUT2D eigenvalue weighted by molar-refractivity contribution is 5.88. The van der Waals surface area contributed by atoms with Crippen molar-refractivity contribution in [3.05, 3.63) is 35.1 Å². The van der Waals surface area contributed by atoms with Crippen molar-refractivity contribution in [1.29, 1.82) is 0 Å². The van der Waals surface area contributed by atoms with E-state index < -0.39 is 41.2 Å². The number of ether oxygens (including phenoxy) is 4. The molecule has 1 aromatic carbocycles. The Balaban J connectivity index is 1.22. The molecule has 4 bridgehead atoms. The minimum atomic E-state index is -1.22. The van der Waals surface area contributed by atoms with Gasteiger partial charge in [0.05, 0.1) is 24.7 Å². The lowest BCUT2D eigenvalue weighted by Gasteiger charge is -2.51. The Labute approximate surface area is 233 Å². The van der Waals surface area contributed by atoms with Crippen LogP contribution in [0.15, 0.2) is 24.0 Å². The summed E-state index contributed by atoms with van der Waals surface area (Å²) in [6.07, 6.45) is 4.59. The van der Waals surface area contributed by atoms with Crippen LogP contribution < -0.4 is 20.1 Å². The van der Waals surface area contributed by atoms with Gasteiger partial charge in [-0.2, -0.15) is 0 Å². The zero-order valence-corrected chi connectivity index (χ0v) is 23.5. The molecule has 1 aromatic rings. The fourth-order valence-corrected chi connectivity index (χ4v) is 7.61. The third kappa shape index (κ3) is 4.02. The third-order valence-electron chi connectivity index (χ3n) is 9.71. The summed E-state index contributed by atoms with van der Waals surface area (Å²) < 4.78 is 23.7. The minimum Gasteiger partial charge on any atom is -0.493 e. The van der Waals surface area contributed by atoms with Crippen LogP contribution in [0.4, 0.5) is 0 Å². The highest BCUT2D eigenvalue weighted by Gasteiger charge is 2.69. The molecule has 216 valence electrons. The van der Waals surface area contributed by atoms with Gasteiger partial charge in [-0.3, -0.25) is 4.79 Å². The van der Waals surface area contributed by atoms with Crippen LogP contribution >= 0.6 is 0 Å². The van der Waals surface area contributed by atoms with Gasteiger partial charge in [0.1, 0.15) is 11.8 Å². The van der Waals surface area contributed by atoms with E-state index in [9.17, 15) is 19.5 Å². The molecule has 10 heteroatoms. The van der Waals surface area contributed by atoms with Crippen LogP contribution in [-0.2, 0) is 30.3 Å². The van der Waals surface area contributed by atoms with E-state index >= 15 is 0 Å². The Hall–Kier alpha value is -3.11. The van der Waals surface area contributed by atoms with Crippen molar-refractivity contribution in [3.8, 4) is 11.5 Å². The first-order chi connectivity index (χ1) is 19.1. The maximum absolute atomic E-state index is 13.3. The van der Waals surface area contributed by atoms with E-state index in [1.807, 2.05) is 6.07 Å². The van der Waals surface area contributed by atoms with Crippen molar-refractivity contribution < 1.29 is 38.4 Å². The zero-order chi connectivity index (χ0) is 28.4. The molecule has 1 saturated heterocycles. The molecule has 0 spiro atoms. The zero-order valence-electron chi connectivity index (χ0n) is 23.5. The molecule has 3 aliphatic carbocycles. The molecule has 0 radical (unpaired) electrons. The minimum absolute atomic E-state index is 0.0410. The topological polar surface area (TPSA) is 132 Å². The molecule has 40 heavy (non-hydrogen) atoms. The molecule has 10 nitrogen and oxygen atoms in total. The van der Waals surface area contributed by atoms with Crippen molar-refractivity contribution in [2.75, 3.05) is 13.7 Å². The molecule has 0 aromatic heterocycles. The van der Waals surface area contributed by atoms with E-state index in [0.29, 0.717) is 36.5 Å². The van der Waals surface area contributed by atoms with Gasteiger partial charge in [0.25, 0.3) is 0 Å². The first-order valence-corrected chi connectivity index (χ1v) is 14.4. The van der Waals surface area contributed by atoms with E-state index in [2.05, 4.69) is 23.6 Å². The van der Waals surface area contributed by atoms with Crippen LogP contribution in [0.2, 0.25) is 0 Å². The number of benzene rings is 1. The maximum atomic E-state index is 13.3. The van der Waals surface area contributed by atoms with E-state index in [1.165, 1.54) is 13.8 Å². The average Bonchev–Trinajstić information content (AvgIpc) is 3.59. The highest BCUT2D eigenvalue weighted by atomic mass is 16.6. The molecule has 3 unspecified atom stereocenters. The molecule has 1 saturated carbocycles. The molecule has 1 amide bonds. The standard InChI is InChI=1S/C30H38N2O8/c1-15-9-12-30-22(39-28(35)17(3)38-27(34)16(2)32-26(33)20-6-5-13-31-20)10-11-29(36)19(15)14-18-7-8-21(37-4)24(40-30)23(18)25(29)30/h7-8,10,15-17,19-20,25,31,36H,5-6,9,11-14H2,1-4H3,(H,32,33)/t15?,16-,17-,19-,20-,25?,29+,30?/m0/s1. The van der Waals surface area contributed by atoms with Gasteiger partial charge in [-0.05, 0) is 88.5 Å². The van der Waals surface area contributed by atoms with Crippen LogP contribution in [0, 0.1) is 11.8 Å². The molecular formula is C30H38N2O8. The Morgan fingerprint density at radius 1 is 1.20 bits per heavy atom. The van der Waals surface area contributed by atoms with Crippen molar-refractivity contribution in [2.24, 2.45) is 11.8 Å². The van der Waals surface area contributed by atoms with E-state index in [4.69, 9.17) is 18.9 Å². The van der Waals surface area contributed by atoms with Gasteiger partial charge >= 0.3 is 11.9 Å². The first-order valence-electron chi connectivity index (χ1n) is 14.4. The second-order valence-electron chi connectivity index (χ2n) is 12.1. The van der Waals surface area contributed by atoms with Crippen molar-refractivity contribution in [3.63, 3.8) is 0 Å². The van der Waals surface area contributed by atoms with Gasteiger partial charge in [-0.1, -0.05) is 13.0 Å². The molecule has 5 aliphatic rings. The lowest BCUT2D eigenvalue weighted by Crippen LogP contribution is -2.58. The summed E-state index contributed by atoms with van der Waals surface area (Å²) in [5.74, 6) is -0.340. The summed E-state index contributed by atoms with van der Waals surface area (Å²) in [7, 11) is 1.59. The summed E-state index contributed by atoms with van der Waals surface area (Å²) >= 11 is 0. The van der Waals surface area contributed by atoms with Gasteiger partial charge in [0.15, 0.2) is 23.2 Å². The largest absolute Gasteiger partial charge is 0.493 e. The molecule has 6 rings (SSSR count). The van der Waals surface area contributed by atoms with Gasteiger partial charge < -0.3 is 34.7 Å². The van der Waals surface area contributed by atoms with Crippen molar-refractivity contribution >= 4 is 17.8 Å². The number of rotatable bonds is 7. The molecule has 2 heterocycles.